The quantitative estimate of drug-likeness (QED) is 0.174. The molecule has 4 heteroatoms. The van der Waals surface area contributed by atoms with Crippen molar-refractivity contribution >= 4 is 28.7 Å². The van der Waals surface area contributed by atoms with E-state index in [0.717, 1.165) is 34.0 Å². The summed E-state index contributed by atoms with van der Waals surface area (Å²) in [4.78, 5) is 12.8. The number of amidine groups is 2. The summed E-state index contributed by atoms with van der Waals surface area (Å²) >= 11 is 0. The summed E-state index contributed by atoms with van der Waals surface area (Å²) in [5.74, 6) is 1.53. The molecule has 0 amide bonds. The lowest BCUT2D eigenvalue weighted by atomic mass is 9.70. The van der Waals surface area contributed by atoms with Crippen molar-refractivity contribution in [2.24, 2.45) is 9.98 Å². The number of hydrogen-bond acceptors (Lipinski definition) is 4. The van der Waals surface area contributed by atoms with Crippen LogP contribution in [0.25, 0.3) is 33.4 Å². The summed E-state index contributed by atoms with van der Waals surface area (Å²) in [5, 5.41) is 3.75. The van der Waals surface area contributed by atoms with E-state index in [-0.39, 0.29) is 6.17 Å². The molecule has 9 aromatic carbocycles. The van der Waals surface area contributed by atoms with Gasteiger partial charge in [0.25, 0.3) is 0 Å². The number of nitrogens with zero attached hydrogens (tertiary/aromatic N) is 3. The third-order valence-electron chi connectivity index (χ3n) is 13.9. The van der Waals surface area contributed by atoms with Gasteiger partial charge < -0.3 is 10.2 Å². The fraction of sp³-hybridized carbons (Fsp3) is 0.0968. The predicted molar refractivity (Wildman–Crippen MR) is 274 cm³/mol. The van der Waals surface area contributed by atoms with E-state index in [1.165, 1.54) is 89.3 Å². The average Bonchev–Trinajstić information content (AvgIpc) is 3.82. The van der Waals surface area contributed by atoms with Gasteiger partial charge in [0.05, 0.1) is 5.41 Å². The normalized spacial score (nSPS) is 16.4. The molecule has 316 valence electrons. The van der Waals surface area contributed by atoms with Gasteiger partial charge in [-0.25, -0.2) is 9.98 Å². The van der Waals surface area contributed by atoms with Crippen molar-refractivity contribution in [2.45, 2.75) is 39.3 Å². The van der Waals surface area contributed by atoms with Crippen LogP contribution in [-0.2, 0) is 5.41 Å². The van der Waals surface area contributed by atoms with E-state index < -0.39 is 5.41 Å². The molecular weight excluding hydrogens is 801 g/mol. The molecule has 1 N–H and O–H groups in total. The number of fused-ring (bicyclic) bond motifs is 10. The third kappa shape index (κ3) is 6.28. The Labute approximate surface area is 387 Å². The van der Waals surface area contributed by atoms with E-state index >= 15 is 0 Å². The summed E-state index contributed by atoms with van der Waals surface area (Å²) in [6.45, 7) is 8.75. The van der Waals surface area contributed by atoms with Gasteiger partial charge in [0.2, 0.25) is 0 Å². The van der Waals surface area contributed by atoms with Gasteiger partial charge in [-0.05, 0) is 136 Å². The van der Waals surface area contributed by atoms with E-state index in [1.807, 2.05) is 24.3 Å². The highest BCUT2D eigenvalue weighted by atomic mass is 15.2. The van der Waals surface area contributed by atoms with Crippen molar-refractivity contribution in [1.82, 2.24) is 5.32 Å². The molecule has 4 nitrogen and oxygen atoms in total. The molecule has 1 aliphatic heterocycles. The summed E-state index contributed by atoms with van der Waals surface area (Å²) in [6, 6.07) is 75.5. The molecule has 9 aromatic rings. The van der Waals surface area contributed by atoms with Crippen LogP contribution >= 0.6 is 0 Å². The molecule has 3 aliphatic rings. The van der Waals surface area contributed by atoms with E-state index in [4.69, 9.17) is 9.98 Å². The highest BCUT2D eigenvalue weighted by Gasteiger charge is 2.52. The Morgan fingerprint density at radius 1 is 0.424 bits per heavy atom. The number of aryl methyl sites for hydroxylation is 4. The Morgan fingerprint density at radius 2 is 0.939 bits per heavy atom. The largest absolute Gasteiger partial charge is 0.344 e. The van der Waals surface area contributed by atoms with Crippen molar-refractivity contribution in [3.05, 3.63) is 267 Å². The number of rotatable bonds is 7. The third-order valence-corrected chi connectivity index (χ3v) is 13.9. The Balaban J connectivity index is 1.000. The van der Waals surface area contributed by atoms with Crippen LogP contribution in [0.3, 0.4) is 0 Å². The maximum atomic E-state index is 5.32. The summed E-state index contributed by atoms with van der Waals surface area (Å²) in [6.07, 6.45) is -0.355. The standard InChI is InChI=1S/C62H48N4/c1-39-23-33-57(41(3)35-39)66(58-34-24-40(2)36-42(58)4)48-29-25-43(26-30-48)46-27-31-51-49-19-11-13-21-53(49)62(55(51)37-46)54-22-14-12-20-50(54)52-32-28-47(38-56(52)62)61-64-59(44-15-7-5-8-16-44)63-60(65-61)45-17-9-6-10-18-45/h5-38,61H,1-4H3,(H,63,64,65). The van der Waals surface area contributed by atoms with Crippen molar-refractivity contribution in [1.29, 1.82) is 0 Å². The SMILES string of the molecule is Cc1ccc(N(c2ccc(-c3ccc4c(c3)C3(c5ccccc5-4)c4ccccc4-c4ccc(C5N=C(c6ccccc6)N=C(c6ccccc6)N5)cc43)cc2)c2ccc(C)cc2C)c(C)c1. The highest BCUT2D eigenvalue weighted by molar-refractivity contribution is 6.13. The van der Waals surface area contributed by atoms with E-state index in [0.29, 0.717) is 0 Å². The van der Waals surface area contributed by atoms with E-state index in [1.54, 1.807) is 0 Å². The van der Waals surface area contributed by atoms with Crippen molar-refractivity contribution in [3.63, 3.8) is 0 Å². The molecule has 0 radical (unpaired) electrons. The van der Waals surface area contributed by atoms with Crippen LogP contribution in [0.2, 0.25) is 0 Å². The zero-order chi connectivity index (χ0) is 44.5. The molecular formula is C62H48N4. The van der Waals surface area contributed by atoms with Gasteiger partial charge >= 0.3 is 0 Å². The Morgan fingerprint density at radius 3 is 1.55 bits per heavy atom. The first-order valence-electron chi connectivity index (χ1n) is 22.9. The maximum Gasteiger partial charge on any atom is 0.159 e. The van der Waals surface area contributed by atoms with Gasteiger partial charge in [0.1, 0.15) is 12.0 Å². The minimum Gasteiger partial charge on any atom is -0.344 e. The number of benzene rings is 9. The first kappa shape index (κ1) is 39.5. The number of hydrogen-bond donors (Lipinski definition) is 1. The Bertz CT molecular complexity index is 3370. The van der Waals surface area contributed by atoms with Crippen LogP contribution in [-0.4, -0.2) is 11.7 Å². The summed E-state index contributed by atoms with van der Waals surface area (Å²) in [5.41, 5.74) is 23.7. The second kappa shape index (κ2) is 15.6. The molecule has 0 saturated heterocycles. The molecule has 2 unspecified atom stereocenters. The van der Waals surface area contributed by atoms with Gasteiger partial charge in [-0.1, -0.05) is 181 Å². The Hall–Kier alpha value is -8.08. The van der Waals surface area contributed by atoms with Crippen molar-refractivity contribution < 1.29 is 0 Å². The van der Waals surface area contributed by atoms with Gasteiger partial charge in [0.15, 0.2) is 5.84 Å². The van der Waals surface area contributed by atoms with Crippen molar-refractivity contribution in [2.75, 3.05) is 4.90 Å². The molecule has 66 heavy (non-hydrogen) atoms. The molecule has 2 atom stereocenters. The minimum atomic E-state index is -0.538. The first-order valence-corrected chi connectivity index (χ1v) is 22.9. The molecule has 0 bridgehead atoms. The van der Waals surface area contributed by atoms with E-state index in [2.05, 4.69) is 220 Å². The number of anilines is 3. The molecule has 1 spiro atoms. The number of nitrogens with one attached hydrogen (secondary N) is 1. The zero-order valence-corrected chi connectivity index (χ0v) is 37.5. The average molecular weight is 849 g/mol. The first-order chi connectivity index (χ1) is 32.3. The molecule has 0 fully saturated rings. The van der Waals surface area contributed by atoms with Gasteiger partial charge in [-0.2, -0.15) is 0 Å². The fourth-order valence-electron chi connectivity index (χ4n) is 10.9. The van der Waals surface area contributed by atoms with Crippen molar-refractivity contribution in [3.8, 4) is 33.4 Å². The van der Waals surface area contributed by atoms with Crippen LogP contribution in [0.5, 0.6) is 0 Å². The topological polar surface area (TPSA) is 40.0 Å². The molecule has 0 saturated carbocycles. The number of aliphatic imine (C=N–C) groups is 2. The summed E-state index contributed by atoms with van der Waals surface area (Å²) < 4.78 is 0. The molecule has 2 aliphatic carbocycles. The molecule has 12 rings (SSSR count). The Kier molecular flexibility index (Phi) is 9.32. The van der Waals surface area contributed by atoms with Crippen LogP contribution < -0.4 is 10.2 Å². The highest BCUT2D eigenvalue weighted by Crippen LogP contribution is 2.63. The minimum absolute atomic E-state index is 0.355. The predicted octanol–water partition coefficient (Wildman–Crippen LogP) is 14.9. The van der Waals surface area contributed by atoms with Crippen LogP contribution in [0.1, 0.15) is 67.4 Å². The van der Waals surface area contributed by atoms with Gasteiger partial charge in [-0.3, -0.25) is 0 Å². The lowest BCUT2D eigenvalue weighted by molar-refractivity contribution is 0.670. The fourth-order valence-corrected chi connectivity index (χ4v) is 10.9. The lowest BCUT2D eigenvalue weighted by Crippen LogP contribution is -2.34. The second-order valence-electron chi connectivity index (χ2n) is 18.1. The lowest BCUT2D eigenvalue weighted by Gasteiger charge is -2.32. The van der Waals surface area contributed by atoms with Gasteiger partial charge in [-0.15, -0.1) is 0 Å². The summed E-state index contributed by atoms with van der Waals surface area (Å²) in [7, 11) is 0. The smallest absolute Gasteiger partial charge is 0.159 e. The molecule has 0 aromatic heterocycles. The second-order valence-corrected chi connectivity index (χ2v) is 18.1. The van der Waals surface area contributed by atoms with Crippen LogP contribution in [0.15, 0.2) is 216 Å². The van der Waals surface area contributed by atoms with Crippen LogP contribution in [0.4, 0.5) is 17.1 Å². The van der Waals surface area contributed by atoms with Crippen LogP contribution in [0, 0.1) is 27.7 Å². The maximum absolute atomic E-state index is 5.32. The molecule has 1 heterocycles. The van der Waals surface area contributed by atoms with Gasteiger partial charge in [0, 0.05) is 28.2 Å². The van der Waals surface area contributed by atoms with E-state index in [9.17, 15) is 0 Å². The monoisotopic (exact) mass is 848 g/mol. The zero-order valence-electron chi connectivity index (χ0n) is 37.5.